The molecule has 12 heavy (non-hydrogen) atoms. The van der Waals surface area contributed by atoms with Gasteiger partial charge in [-0.05, 0) is 0 Å². The standard InChI is InChI=1S/C10H9NSe/c1-2-4-9(5-3-1)12-10-6-7-11-8-10/h1-8,11H. The SMILES string of the molecule is c1ccc([Se]c2cc[nH]c2)cc1. The molecule has 0 amide bonds. The summed E-state index contributed by atoms with van der Waals surface area (Å²) < 4.78 is 2.82. The van der Waals surface area contributed by atoms with Crippen LogP contribution in [-0.2, 0) is 0 Å². The van der Waals surface area contributed by atoms with Crippen LogP contribution in [-0.4, -0.2) is 19.9 Å². The number of rotatable bonds is 2. The molecule has 0 aliphatic rings. The third-order valence-electron chi connectivity index (χ3n) is 1.55. The second kappa shape index (κ2) is 3.61. The van der Waals surface area contributed by atoms with Gasteiger partial charge < -0.3 is 0 Å². The Balaban J connectivity index is 2.15. The minimum absolute atomic E-state index is 0.460. The molecule has 1 aromatic carbocycles. The molecular weight excluding hydrogens is 213 g/mol. The fraction of sp³-hybridized carbons (Fsp3) is 0. The molecule has 0 spiro atoms. The molecule has 0 saturated heterocycles. The van der Waals surface area contributed by atoms with E-state index in [-0.39, 0.29) is 0 Å². The maximum absolute atomic E-state index is 3.07. The predicted molar refractivity (Wildman–Crippen MR) is 52.3 cm³/mol. The Kier molecular flexibility index (Phi) is 2.31. The molecule has 2 heteroatoms. The van der Waals surface area contributed by atoms with Crippen molar-refractivity contribution in [1.29, 1.82) is 0 Å². The molecule has 0 fully saturated rings. The van der Waals surface area contributed by atoms with Crippen molar-refractivity contribution in [3.8, 4) is 0 Å². The second-order valence-electron chi connectivity index (χ2n) is 2.46. The van der Waals surface area contributed by atoms with Gasteiger partial charge in [0, 0.05) is 0 Å². The molecule has 0 aliphatic carbocycles. The molecule has 2 rings (SSSR count). The van der Waals surface area contributed by atoms with E-state index in [0.717, 1.165) is 0 Å². The van der Waals surface area contributed by atoms with Gasteiger partial charge in [0.15, 0.2) is 0 Å². The van der Waals surface area contributed by atoms with E-state index in [9.17, 15) is 0 Å². The topological polar surface area (TPSA) is 15.8 Å². The van der Waals surface area contributed by atoms with E-state index < -0.39 is 0 Å². The van der Waals surface area contributed by atoms with Gasteiger partial charge >= 0.3 is 77.7 Å². The van der Waals surface area contributed by atoms with Gasteiger partial charge in [0.25, 0.3) is 0 Å². The van der Waals surface area contributed by atoms with Gasteiger partial charge in [0.05, 0.1) is 0 Å². The van der Waals surface area contributed by atoms with E-state index in [1.54, 1.807) is 0 Å². The fourth-order valence-corrected chi connectivity index (χ4v) is 2.73. The van der Waals surface area contributed by atoms with E-state index in [4.69, 9.17) is 0 Å². The Labute approximate surface area is 78.0 Å². The molecule has 0 unspecified atom stereocenters. The Morgan fingerprint density at radius 3 is 2.42 bits per heavy atom. The summed E-state index contributed by atoms with van der Waals surface area (Å²) in [6.07, 6.45) is 4.03. The molecule has 1 aromatic heterocycles. The number of benzene rings is 1. The predicted octanol–water partition coefficient (Wildman–Crippen LogP) is 0.670. The van der Waals surface area contributed by atoms with Crippen LogP contribution >= 0.6 is 0 Å². The summed E-state index contributed by atoms with van der Waals surface area (Å²) in [6.45, 7) is 0. The van der Waals surface area contributed by atoms with Gasteiger partial charge in [0.1, 0.15) is 0 Å². The zero-order chi connectivity index (χ0) is 8.23. The molecule has 0 saturated carbocycles. The molecule has 1 N–H and O–H groups in total. The van der Waals surface area contributed by atoms with Crippen molar-refractivity contribution in [3.63, 3.8) is 0 Å². The fourth-order valence-electron chi connectivity index (χ4n) is 0.997. The Morgan fingerprint density at radius 1 is 0.917 bits per heavy atom. The second-order valence-corrected chi connectivity index (χ2v) is 4.87. The van der Waals surface area contributed by atoms with Crippen LogP contribution in [0.15, 0.2) is 48.8 Å². The van der Waals surface area contributed by atoms with Crippen molar-refractivity contribution in [3.05, 3.63) is 48.8 Å². The van der Waals surface area contributed by atoms with E-state index in [0.29, 0.717) is 15.0 Å². The van der Waals surface area contributed by atoms with Crippen molar-refractivity contribution >= 4 is 23.9 Å². The average molecular weight is 222 g/mol. The average Bonchev–Trinajstić information content (AvgIpc) is 2.59. The molecule has 2 aromatic rings. The summed E-state index contributed by atoms with van der Waals surface area (Å²) in [7, 11) is 0. The molecule has 60 valence electrons. The first-order valence-corrected chi connectivity index (χ1v) is 5.52. The monoisotopic (exact) mass is 223 g/mol. The molecule has 0 bridgehead atoms. The minimum atomic E-state index is 0.460. The van der Waals surface area contributed by atoms with E-state index in [1.807, 2.05) is 6.20 Å². The van der Waals surface area contributed by atoms with Crippen LogP contribution in [0.3, 0.4) is 0 Å². The van der Waals surface area contributed by atoms with Crippen molar-refractivity contribution in [2.24, 2.45) is 0 Å². The Morgan fingerprint density at radius 2 is 1.75 bits per heavy atom. The summed E-state index contributed by atoms with van der Waals surface area (Å²) in [5.41, 5.74) is 0. The molecule has 1 heterocycles. The molecular formula is C10H9NSe. The van der Waals surface area contributed by atoms with Crippen molar-refractivity contribution in [2.45, 2.75) is 0 Å². The first kappa shape index (κ1) is 7.66. The number of hydrogen-bond acceptors (Lipinski definition) is 0. The molecule has 1 nitrogen and oxygen atoms in total. The number of aromatic nitrogens is 1. The van der Waals surface area contributed by atoms with Crippen LogP contribution in [0.4, 0.5) is 0 Å². The maximum atomic E-state index is 3.07. The third kappa shape index (κ3) is 1.79. The molecule has 0 aliphatic heterocycles. The normalized spacial score (nSPS) is 10.0. The summed E-state index contributed by atoms with van der Waals surface area (Å²) in [5.74, 6) is 0. The molecule has 0 atom stereocenters. The van der Waals surface area contributed by atoms with Gasteiger partial charge in [-0.1, -0.05) is 0 Å². The van der Waals surface area contributed by atoms with Gasteiger partial charge in [-0.15, -0.1) is 0 Å². The first-order chi connectivity index (χ1) is 5.95. The Hall–Kier alpha value is -0.981. The van der Waals surface area contributed by atoms with Gasteiger partial charge in [-0.25, -0.2) is 0 Å². The van der Waals surface area contributed by atoms with Gasteiger partial charge in [-0.3, -0.25) is 0 Å². The van der Waals surface area contributed by atoms with Crippen LogP contribution in [0.5, 0.6) is 0 Å². The van der Waals surface area contributed by atoms with Crippen LogP contribution in [0, 0.1) is 0 Å². The van der Waals surface area contributed by atoms with Gasteiger partial charge in [0.2, 0.25) is 0 Å². The summed E-state index contributed by atoms with van der Waals surface area (Å²) in [6, 6.07) is 12.7. The summed E-state index contributed by atoms with van der Waals surface area (Å²) in [5, 5.41) is 0. The van der Waals surface area contributed by atoms with Crippen molar-refractivity contribution < 1.29 is 0 Å². The van der Waals surface area contributed by atoms with Crippen LogP contribution in [0.25, 0.3) is 0 Å². The first-order valence-electron chi connectivity index (χ1n) is 3.81. The zero-order valence-corrected chi connectivity index (χ0v) is 8.24. The number of aromatic amines is 1. The summed E-state index contributed by atoms with van der Waals surface area (Å²) in [4.78, 5) is 3.07. The molecule has 0 radical (unpaired) electrons. The van der Waals surface area contributed by atoms with Crippen molar-refractivity contribution in [1.82, 2.24) is 4.98 Å². The van der Waals surface area contributed by atoms with E-state index in [2.05, 4.69) is 47.6 Å². The van der Waals surface area contributed by atoms with E-state index in [1.165, 1.54) is 8.92 Å². The number of H-pyrrole nitrogens is 1. The number of nitrogens with one attached hydrogen (secondary N) is 1. The van der Waals surface area contributed by atoms with Gasteiger partial charge in [-0.2, -0.15) is 0 Å². The third-order valence-corrected chi connectivity index (χ3v) is 3.64. The van der Waals surface area contributed by atoms with E-state index >= 15 is 0 Å². The summed E-state index contributed by atoms with van der Waals surface area (Å²) >= 11 is 0.460. The van der Waals surface area contributed by atoms with Crippen LogP contribution in [0.1, 0.15) is 0 Å². The Bertz CT molecular complexity index is 326. The quantitative estimate of drug-likeness (QED) is 0.719. The zero-order valence-electron chi connectivity index (χ0n) is 6.53. The van der Waals surface area contributed by atoms with Crippen molar-refractivity contribution in [2.75, 3.05) is 0 Å². The van der Waals surface area contributed by atoms with Crippen LogP contribution < -0.4 is 8.92 Å². The van der Waals surface area contributed by atoms with Crippen LogP contribution in [0.2, 0.25) is 0 Å². The number of hydrogen-bond donors (Lipinski definition) is 1.